The third kappa shape index (κ3) is 0.949. The molecule has 2 heterocycles. The lowest BCUT2D eigenvalue weighted by molar-refractivity contribution is 0.289. The van der Waals surface area contributed by atoms with Gasteiger partial charge in [0.15, 0.2) is 0 Å². The smallest absolute Gasteiger partial charge is 0.124 e. The molecule has 0 atom stereocenters. The Morgan fingerprint density at radius 2 is 2.23 bits per heavy atom. The van der Waals surface area contributed by atoms with E-state index in [0.29, 0.717) is 0 Å². The van der Waals surface area contributed by atoms with Gasteiger partial charge in [0.1, 0.15) is 5.75 Å². The normalized spacial score (nSPS) is 15.4. The van der Waals surface area contributed by atoms with Crippen molar-refractivity contribution in [2.45, 2.75) is 12.8 Å². The maximum atomic E-state index is 5.58. The quantitative estimate of drug-likeness (QED) is 0.650. The van der Waals surface area contributed by atoms with E-state index < -0.39 is 0 Å². The second-order valence-corrected chi connectivity index (χ2v) is 3.44. The van der Waals surface area contributed by atoms with Crippen LogP contribution in [-0.2, 0) is 6.42 Å². The van der Waals surface area contributed by atoms with Crippen LogP contribution in [0.4, 0.5) is 0 Å². The molecule has 1 aliphatic rings. The van der Waals surface area contributed by atoms with Crippen LogP contribution in [0.1, 0.15) is 12.0 Å². The summed E-state index contributed by atoms with van der Waals surface area (Å²) in [7, 11) is 0. The first kappa shape index (κ1) is 7.01. The van der Waals surface area contributed by atoms with Crippen molar-refractivity contribution in [3.8, 4) is 5.75 Å². The van der Waals surface area contributed by atoms with E-state index in [4.69, 9.17) is 4.74 Å². The van der Waals surface area contributed by atoms with Gasteiger partial charge in [-0.3, -0.25) is 0 Å². The number of H-pyrrole nitrogens is 1. The van der Waals surface area contributed by atoms with Gasteiger partial charge in [0.05, 0.1) is 12.1 Å². The number of ether oxygens (including phenoxy) is 1. The van der Waals surface area contributed by atoms with Crippen molar-refractivity contribution in [2.75, 3.05) is 6.61 Å². The van der Waals surface area contributed by atoms with E-state index in [1.54, 1.807) is 0 Å². The van der Waals surface area contributed by atoms with Gasteiger partial charge in [0.25, 0.3) is 0 Å². The van der Waals surface area contributed by atoms with Crippen LogP contribution in [0.2, 0.25) is 0 Å². The first-order valence-electron chi connectivity index (χ1n) is 4.67. The van der Waals surface area contributed by atoms with Crippen molar-refractivity contribution in [2.24, 2.45) is 0 Å². The number of fused-ring (bicyclic) bond motifs is 3. The molecule has 1 N–H and O–H groups in total. The number of rotatable bonds is 0. The van der Waals surface area contributed by atoms with Crippen molar-refractivity contribution >= 4 is 10.9 Å². The monoisotopic (exact) mass is 173 g/mol. The van der Waals surface area contributed by atoms with Crippen LogP contribution in [0.5, 0.6) is 5.75 Å². The van der Waals surface area contributed by atoms with Crippen molar-refractivity contribution in [3.05, 3.63) is 30.0 Å². The Balaban J connectivity index is 2.34. The average Bonchev–Trinajstić information content (AvgIpc) is 2.65. The summed E-state index contributed by atoms with van der Waals surface area (Å²) in [5.74, 6) is 1.06. The van der Waals surface area contributed by atoms with Gasteiger partial charge < -0.3 is 9.72 Å². The van der Waals surface area contributed by atoms with E-state index in [2.05, 4.69) is 23.2 Å². The van der Waals surface area contributed by atoms with Crippen LogP contribution in [0, 0.1) is 0 Å². The van der Waals surface area contributed by atoms with E-state index in [0.717, 1.165) is 25.2 Å². The average molecular weight is 173 g/mol. The number of nitrogens with one attached hydrogen (secondary N) is 1. The molecule has 2 heteroatoms. The Kier molecular flexibility index (Phi) is 1.36. The number of aromatic amines is 1. The molecule has 0 bridgehead atoms. The van der Waals surface area contributed by atoms with Gasteiger partial charge in [-0.1, -0.05) is 0 Å². The molecule has 13 heavy (non-hydrogen) atoms. The molecule has 0 fully saturated rings. The predicted octanol–water partition coefficient (Wildman–Crippen LogP) is 2.49. The van der Waals surface area contributed by atoms with Gasteiger partial charge in [-0.2, -0.15) is 0 Å². The van der Waals surface area contributed by atoms with Crippen LogP contribution < -0.4 is 4.74 Å². The SMILES string of the molecule is c1cc2ccc3c(c2[nH]1)CCCO3. The lowest BCUT2D eigenvalue weighted by Gasteiger charge is -2.17. The molecule has 1 aromatic heterocycles. The van der Waals surface area contributed by atoms with Gasteiger partial charge >= 0.3 is 0 Å². The molecule has 1 aliphatic heterocycles. The minimum Gasteiger partial charge on any atom is -0.493 e. The molecule has 0 saturated heterocycles. The summed E-state index contributed by atoms with van der Waals surface area (Å²) >= 11 is 0. The highest BCUT2D eigenvalue weighted by Crippen LogP contribution is 2.30. The molecular formula is C11H11NO. The molecule has 0 spiro atoms. The third-order valence-corrected chi connectivity index (χ3v) is 2.62. The minimum absolute atomic E-state index is 0.860. The van der Waals surface area contributed by atoms with E-state index in [9.17, 15) is 0 Å². The highest BCUT2D eigenvalue weighted by Gasteiger charge is 2.13. The van der Waals surface area contributed by atoms with E-state index in [1.165, 1.54) is 16.5 Å². The van der Waals surface area contributed by atoms with Gasteiger partial charge in [0, 0.05) is 11.8 Å². The van der Waals surface area contributed by atoms with Crippen LogP contribution in [0.3, 0.4) is 0 Å². The maximum absolute atomic E-state index is 5.58. The molecule has 1 aromatic carbocycles. The molecule has 3 rings (SSSR count). The number of aromatic nitrogens is 1. The second-order valence-electron chi connectivity index (χ2n) is 3.44. The van der Waals surface area contributed by atoms with Gasteiger partial charge in [-0.05, 0) is 36.4 Å². The van der Waals surface area contributed by atoms with E-state index >= 15 is 0 Å². The Hall–Kier alpha value is -1.44. The molecule has 0 unspecified atom stereocenters. The summed E-state index contributed by atoms with van der Waals surface area (Å²) in [6.07, 6.45) is 4.25. The standard InChI is InChI=1S/C11H11NO/c1-2-9-10(13-7-1)4-3-8-5-6-12-11(8)9/h3-6,12H,1-2,7H2. The topological polar surface area (TPSA) is 25.0 Å². The van der Waals surface area contributed by atoms with Crippen LogP contribution in [-0.4, -0.2) is 11.6 Å². The highest BCUT2D eigenvalue weighted by atomic mass is 16.5. The lowest BCUT2D eigenvalue weighted by Crippen LogP contribution is -2.08. The lowest BCUT2D eigenvalue weighted by atomic mass is 10.0. The molecule has 0 saturated carbocycles. The van der Waals surface area contributed by atoms with E-state index in [-0.39, 0.29) is 0 Å². The van der Waals surface area contributed by atoms with Gasteiger partial charge in [-0.15, -0.1) is 0 Å². The van der Waals surface area contributed by atoms with Crippen molar-refractivity contribution in [1.82, 2.24) is 4.98 Å². The Morgan fingerprint density at radius 3 is 3.23 bits per heavy atom. The van der Waals surface area contributed by atoms with Gasteiger partial charge in [0.2, 0.25) is 0 Å². The fourth-order valence-corrected chi connectivity index (χ4v) is 1.99. The number of aryl methyl sites for hydroxylation is 1. The molecule has 66 valence electrons. The summed E-state index contributed by atoms with van der Waals surface area (Å²) in [6, 6.07) is 6.28. The molecule has 0 aliphatic carbocycles. The van der Waals surface area contributed by atoms with Crippen LogP contribution >= 0.6 is 0 Å². The second kappa shape index (κ2) is 2.52. The number of hydrogen-bond donors (Lipinski definition) is 1. The van der Waals surface area contributed by atoms with Crippen molar-refractivity contribution in [3.63, 3.8) is 0 Å². The molecule has 0 radical (unpaired) electrons. The van der Waals surface area contributed by atoms with Crippen molar-refractivity contribution in [1.29, 1.82) is 0 Å². The Bertz CT molecular complexity index is 444. The number of benzene rings is 1. The highest BCUT2D eigenvalue weighted by molar-refractivity contribution is 5.84. The van der Waals surface area contributed by atoms with Crippen LogP contribution in [0.25, 0.3) is 10.9 Å². The predicted molar refractivity (Wildman–Crippen MR) is 52.1 cm³/mol. The zero-order chi connectivity index (χ0) is 8.67. The van der Waals surface area contributed by atoms with Gasteiger partial charge in [-0.25, -0.2) is 0 Å². The summed E-state index contributed by atoms with van der Waals surface area (Å²) < 4.78 is 5.58. The summed E-state index contributed by atoms with van der Waals surface area (Å²) in [6.45, 7) is 0.860. The third-order valence-electron chi connectivity index (χ3n) is 2.62. The molecule has 2 nitrogen and oxygen atoms in total. The zero-order valence-corrected chi connectivity index (χ0v) is 7.34. The summed E-state index contributed by atoms with van der Waals surface area (Å²) in [5.41, 5.74) is 2.59. The first-order chi connectivity index (χ1) is 6.45. The fourth-order valence-electron chi connectivity index (χ4n) is 1.99. The number of hydrogen-bond acceptors (Lipinski definition) is 1. The fraction of sp³-hybridized carbons (Fsp3) is 0.273. The van der Waals surface area contributed by atoms with Crippen LogP contribution in [0.15, 0.2) is 24.4 Å². The van der Waals surface area contributed by atoms with E-state index in [1.807, 2.05) is 6.20 Å². The maximum Gasteiger partial charge on any atom is 0.124 e. The minimum atomic E-state index is 0.860. The Labute approximate surface area is 76.5 Å². The summed E-state index contributed by atoms with van der Waals surface area (Å²) in [5, 5.41) is 1.28. The molecular weight excluding hydrogens is 162 g/mol. The van der Waals surface area contributed by atoms with Crippen molar-refractivity contribution < 1.29 is 4.74 Å². The zero-order valence-electron chi connectivity index (χ0n) is 7.34. The Morgan fingerprint density at radius 1 is 1.23 bits per heavy atom. The summed E-state index contributed by atoms with van der Waals surface area (Å²) in [4.78, 5) is 3.27. The largest absolute Gasteiger partial charge is 0.493 e. The molecule has 2 aromatic rings. The first-order valence-corrected chi connectivity index (χ1v) is 4.67. The molecule has 0 amide bonds.